The number of carbonyl (C=O) groups is 2. The number of anilines is 1. The summed E-state index contributed by atoms with van der Waals surface area (Å²) in [6.07, 6.45) is 1.92. The third kappa shape index (κ3) is 5.49. The number of benzene rings is 1. The Bertz CT molecular complexity index is 1060. The molecule has 3 N–H and O–H groups in total. The number of hydroxylamine groups is 2. The van der Waals surface area contributed by atoms with Crippen LogP contribution < -0.4 is 10.6 Å². The fraction of sp³-hybridized carbons (Fsp3) is 0.429. The molecule has 0 radical (unpaired) electrons. The Kier molecular flexibility index (Phi) is 6.91. The summed E-state index contributed by atoms with van der Waals surface area (Å²) in [5, 5.41) is 16.7. The molecule has 0 spiro atoms. The van der Waals surface area contributed by atoms with Gasteiger partial charge in [0.05, 0.1) is 36.0 Å². The van der Waals surface area contributed by atoms with Gasteiger partial charge in [-0.3, -0.25) is 4.79 Å². The van der Waals surface area contributed by atoms with Gasteiger partial charge in [-0.05, 0) is 29.7 Å². The zero-order valence-electron chi connectivity index (χ0n) is 17.9. The predicted octanol–water partition coefficient (Wildman–Crippen LogP) is 1.64. The highest BCUT2D eigenvalue weighted by Gasteiger charge is 2.28. The van der Waals surface area contributed by atoms with Crippen LogP contribution in [0, 0.1) is 5.82 Å². The molecule has 2 amide bonds. The first-order valence-corrected chi connectivity index (χ1v) is 10.8. The number of nitrogens with one attached hydrogen (secondary N) is 2. The Hall–Kier alpha value is -3.02. The number of carbonyl (C=O) groups excluding carboxylic acids is 2. The lowest BCUT2D eigenvalue weighted by atomic mass is 10.1. The average molecular weight is 479 g/mol. The van der Waals surface area contributed by atoms with Crippen molar-refractivity contribution >= 4 is 29.5 Å². The molecule has 2 unspecified atom stereocenters. The van der Waals surface area contributed by atoms with Crippen LogP contribution in [0.25, 0.3) is 0 Å². The molecule has 176 valence electrons. The van der Waals surface area contributed by atoms with Crippen LogP contribution in [0.4, 0.5) is 15.1 Å². The lowest BCUT2D eigenvalue weighted by molar-refractivity contribution is -0.126. The van der Waals surface area contributed by atoms with Gasteiger partial charge in [0.2, 0.25) is 11.9 Å². The van der Waals surface area contributed by atoms with Gasteiger partial charge in [0.1, 0.15) is 5.82 Å². The van der Waals surface area contributed by atoms with Crippen LogP contribution in [-0.4, -0.2) is 69.8 Å². The molecule has 2 aliphatic rings. The zero-order chi connectivity index (χ0) is 23.5. The maximum absolute atomic E-state index is 13.7. The number of hydrogen-bond donors (Lipinski definition) is 3. The van der Waals surface area contributed by atoms with E-state index in [0.29, 0.717) is 43.1 Å². The van der Waals surface area contributed by atoms with Gasteiger partial charge in [0.15, 0.2) is 0 Å². The van der Waals surface area contributed by atoms with E-state index in [4.69, 9.17) is 16.4 Å². The van der Waals surface area contributed by atoms with Gasteiger partial charge in [-0.1, -0.05) is 17.7 Å². The molecule has 2 aromatic rings. The molecule has 0 bridgehead atoms. The molecule has 1 aromatic heterocycles. The summed E-state index contributed by atoms with van der Waals surface area (Å²) in [6, 6.07) is 3.11. The molecular weight excluding hydrogens is 455 g/mol. The standard InChI is InChI=1S/C21H24ClFN6O4/c1-28-9-14(7-19(28)31)25-20-24-8-13-4-5-29(10-17(13)26-20)33-21(32)27-18(11-30)12-2-3-15(22)16(23)6-12/h2-3,6,8,14,18,30H,4-5,7,9-11H2,1H3,(H,27,32)(H,24,25,26). The van der Waals surface area contributed by atoms with Crippen LogP contribution in [0.5, 0.6) is 0 Å². The zero-order valence-corrected chi connectivity index (χ0v) is 18.7. The summed E-state index contributed by atoms with van der Waals surface area (Å²) in [6.45, 7) is 0.832. The highest BCUT2D eigenvalue weighted by Crippen LogP contribution is 2.22. The Morgan fingerprint density at radius 2 is 2.27 bits per heavy atom. The first-order chi connectivity index (χ1) is 15.8. The second-order valence-electron chi connectivity index (χ2n) is 8.03. The van der Waals surface area contributed by atoms with Gasteiger partial charge in [-0.2, -0.15) is 0 Å². The number of hydrogen-bond acceptors (Lipinski definition) is 8. The second-order valence-corrected chi connectivity index (χ2v) is 8.44. The number of aliphatic hydroxyl groups is 1. The number of amides is 2. The minimum absolute atomic E-state index is 0.0487. The number of aromatic nitrogens is 2. The molecule has 4 rings (SSSR count). The van der Waals surface area contributed by atoms with Crippen molar-refractivity contribution in [1.82, 2.24) is 25.2 Å². The summed E-state index contributed by atoms with van der Waals surface area (Å²) in [7, 11) is 1.75. The number of nitrogens with zero attached hydrogens (tertiary/aromatic N) is 4. The lowest BCUT2D eigenvalue weighted by Crippen LogP contribution is -2.39. The third-order valence-corrected chi connectivity index (χ3v) is 5.92. The second kappa shape index (κ2) is 9.86. The van der Waals surface area contributed by atoms with Crippen LogP contribution in [0.15, 0.2) is 24.4 Å². The smallest absolute Gasteiger partial charge is 0.394 e. The monoisotopic (exact) mass is 478 g/mol. The highest BCUT2D eigenvalue weighted by molar-refractivity contribution is 6.30. The number of halogens is 2. The van der Waals surface area contributed by atoms with Gasteiger partial charge in [0, 0.05) is 32.8 Å². The Morgan fingerprint density at radius 1 is 1.45 bits per heavy atom. The average Bonchev–Trinajstić information content (AvgIpc) is 3.10. The van der Waals surface area contributed by atoms with Crippen molar-refractivity contribution in [3.05, 3.63) is 52.1 Å². The van der Waals surface area contributed by atoms with Crippen LogP contribution in [0.2, 0.25) is 5.02 Å². The molecule has 12 heteroatoms. The molecule has 0 saturated carbocycles. The number of likely N-dealkylation sites (N-methyl/N-ethyl adjacent to an activating group) is 1. The number of fused-ring (bicyclic) bond motifs is 1. The summed E-state index contributed by atoms with van der Waals surface area (Å²) >= 11 is 5.69. The topological polar surface area (TPSA) is 120 Å². The Balaban J connectivity index is 1.35. The predicted molar refractivity (Wildman–Crippen MR) is 117 cm³/mol. The lowest BCUT2D eigenvalue weighted by Gasteiger charge is -2.27. The maximum atomic E-state index is 13.7. The van der Waals surface area contributed by atoms with E-state index in [1.807, 2.05) is 0 Å². The van der Waals surface area contributed by atoms with Gasteiger partial charge in [-0.25, -0.2) is 19.2 Å². The molecular formula is C21H24ClFN6O4. The van der Waals surface area contributed by atoms with E-state index in [-0.39, 0.29) is 23.5 Å². The quantitative estimate of drug-likeness (QED) is 0.573. The van der Waals surface area contributed by atoms with Gasteiger partial charge < -0.3 is 25.5 Å². The van der Waals surface area contributed by atoms with Crippen LogP contribution in [0.1, 0.15) is 29.3 Å². The van der Waals surface area contributed by atoms with Gasteiger partial charge in [0.25, 0.3) is 0 Å². The fourth-order valence-corrected chi connectivity index (χ4v) is 3.94. The van der Waals surface area contributed by atoms with Crippen molar-refractivity contribution in [2.24, 2.45) is 0 Å². The maximum Gasteiger partial charge on any atom is 0.426 e. The van der Waals surface area contributed by atoms with E-state index in [2.05, 4.69) is 20.6 Å². The summed E-state index contributed by atoms with van der Waals surface area (Å²) in [4.78, 5) is 40.0. The van der Waals surface area contributed by atoms with Crippen molar-refractivity contribution in [1.29, 1.82) is 0 Å². The Labute approximate surface area is 194 Å². The molecule has 2 atom stereocenters. The summed E-state index contributed by atoms with van der Waals surface area (Å²) < 4.78 is 13.7. The first-order valence-electron chi connectivity index (χ1n) is 10.5. The number of likely N-dealkylation sites (tertiary alicyclic amines) is 1. The van der Waals surface area contributed by atoms with Gasteiger partial charge >= 0.3 is 6.09 Å². The van der Waals surface area contributed by atoms with E-state index in [1.165, 1.54) is 17.2 Å². The van der Waals surface area contributed by atoms with Crippen LogP contribution in [-0.2, 0) is 22.6 Å². The van der Waals surface area contributed by atoms with Crippen molar-refractivity contribution in [3.63, 3.8) is 0 Å². The van der Waals surface area contributed by atoms with Gasteiger partial charge in [-0.15, -0.1) is 5.06 Å². The van der Waals surface area contributed by atoms with Crippen LogP contribution in [0.3, 0.4) is 0 Å². The van der Waals surface area contributed by atoms with E-state index >= 15 is 0 Å². The molecule has 1 saturated heterocycles. The van der Waals surface area contributed by atoms with E-state index in [0.717, 1.165) is 11.6 Å². The SMILES string of the molecule is CN1CC(Nc2ncc3c(n2)CN(OC(=O)NC(CO)c2ccc(Cl)c(F)c2)CC3)CC1=O. The molecule has 0 aliphatic carbocycles. The summed E-state index contributed by atoms with van der Waals surface area (Å²) in [5.74, 6) is -0.162. The molecule has 33 heavy (non-hydrogen) atoms. The molecule has 10 nitrogen and oxygen atoms in total. The van der Waals surface area contributed by atoms with Crippen molar-refractivity contribution in [2.45, 2.75) is 31.5 Å². The largest absolute Gasteiger partial charge is 0.426 e. The fourth-order valence-electron chi connectivity index (χ4n) is 3.82. The van der Waals surface area contributed by atoms with Crippen molar-refractivity contribution in [3.8, 4) is 0 Å². The molecule has 1 aromatic carbocycles. The number of rotatable bonds is 6. The molecule has 2 aliphatic heterocycles. The molecule has 3 heterocycles. The third-order valence-electron chi connectivity index (χ3n) is 5.62. The van der Waals surface area contributed by atoms with Crippen molar-refractivity contribution in [2.75, 3.05) is 32.1 Å². The normalized spacial score (nSPS) is 19.2. The van der Waals surface area contributed by atoms with E-state index in [1.54, 1.807) is 18.1 Å². The van der Waals surface area contributed by atoms with Crippen LogP contribution >= 0.6 is 11.6 Å². The summed E-state index contributed by atoms with van der Waals surface area (Å²) in [5.41, 5.74) is 2.02. The highest BCUT2D eigenvalue weighted by atomic mass is 35.5. The molecule has 1 fully saturated rings. The first kappa shape index (κ1) is 23.1. The minimum atomic E-state index is -0.855. The minimum Gasteiger partial charge on any atom is -0.394 e. The van der Waals surface area contributed by atoms with E-state index in [9.17, 15) is 19.1 Å². The number of aliphatic hydroxyl groups excluding tert-OH is 1. The van der Waals surface area contributed by atoms with E-state index < -0.39 is 24.6 Å². The van der Waals surface area contributed by atoms with Crippen molar-refractivity contribution < 1.29 is 23.9 Å². The Morgan fingerprint density at radius 3 is 2.97 bits per heavy atom.